The Morgan fingerprint density at radius 2 is 1.89 bits per heavy atom. The van der Waals surface area contributed by atoms with Crippen molar-refractivity contribution < 1.29 is 19.1 Å². The Kier molecular flexibility index (Phi) is 5.31. The molecule has 4 heterocycles. The predicted molar refractivity (Wildman–Crippen MR) is 136 cm³/mol. The maximum atomic E-state index is 14.4. The van der Waals surface area contributed by atoms with Gasteiger partial charge < -0.3 is 30.3 Å². The number of aliphatic imine (C=N–C) groups is 1. The second-order valence-electron chi connectivity index (χ2n) is 10.4. The van der Waals surface area contributed by atoms with Crippen LogP contribution in [0, 0.1) is 5.92 Å². The quantitative estimate of drug-likeness (QED) is 0.688. The zero-order chi connectivity index (χ0) is 25.0. The number of anilines is 1. The van der Waals surface area contributed by atoms with Crippen LogP contribution in [-0.4, -0.2) is 55.1 Å². The number of para-hydroxylation sites is 1. The fourth-order valence-electron chi connectivity index (χ4n) is 5.98. The number of amidine groups is 1. The predicted octanol–water partition coefficient (Wildman–Crippen LogP) is 3.27. The Morgan fingerprint density at radius 3 is 2.64 bits per heavy atom. The van der Waals surface area contributed by atoms with Crippen LogP contribution in [0.4, 0.5) is 16.2 Å². The summed E-state index contributed by atoms with van der Waals surface area (Å²) in [5.41, 5.74) is 8.71. The first kappa shape index (κ1) is 22.7. The van der Waals surface area contributed by atoms with E-state index in [0.717, 1.165) is 29.7 Å². The molecule has 0 saturated carbocycles. The van der Waals surface area contributed by atoms with Crippen molar-refractivity contribution in [3.63, 3.8) is 0 Å². The summed E-state index contributed by atoms with van der Waals surface area (Å²) in [4.78, 5) is 35.2. The number of nitrogens with one attached hydrogen (secondary N) is 1. The van der Waals surface area contributed by atoms with E-state index >= 15 is 0 Å². The third-order valence-electron chi connectivity index (χ3n) is 7.68. The average molecular weight is 490 g/mol. The summed E-state index contributed by atoms with van der Waals surface area (Å²) in [5.74, 6) is 1.98. The van der Waals surface area contributed by atoms with Crippen molar-refractivity contribution in [3.8, 4) is 11.5 Å². The molecule has 4 aliphatic rings. The van der Waals surface area contributed by atoms with Gasteiger partial charge in [-0.25, -0.2) is 9.79 Å². The van der Waals surface area contributed by atoms with Crippen LogP contribution in [0.15, 0.2) is 41.4 Å². The first-order valence-corrected chi connectivity index (χ1v) is 12.6. The Labute approximate surface area is 210 Å². The minimum atomic E-state index is -0.948. The molecule has 9 nitrogen and oxygen atoms in total. The number of piperidine rings is 1. The van der Waals surface area contributed by atoms with E-state index in [1.165, 1.54) is 0 Å². The van der Waals surface area contributed by atoms with Crippen molar-refractivity contribution >= 4 is 29.1 Å². The zero-order valence-corrected chi connectivity index (χ0v) is 20.6. The van der Waals surface area contributed by atoms with Gasteiger partial charge in [0.2, 0.25) is 12.7 Å². The number of hydrogen-bond acceptors (Lipinski definition) is 6. The van der Waals surface area contributed by atoms with Gasteiger partial charge in [-0.2, -0.15) is 0 Å². The minimum absolute atomic E-state index is 0.0154. The lowest BCUT2D eigenvalue weighted by Gasteiger charge is -2.36. The van der Waals surface area contributed by atoms with Gasteiger partial charge in [0.15, 0.2) is 11.5 Å². The number of rotatable bonds is 3. The van der Waals surface area contributed by atoms with Gasteiger partial charge in [0.25, 0.3) is 0 Å². The molecule has 36 heavy (non-hydrogen) atoms. The number of nitrogens with zero attached hydrogens (tertiary/aromatic N) is 3. The molecule has 0 bridgehead atoms. The molecular formula is C27H31N5O4. The van der Waals surface area contributed by atoms with Gasteiger partial charge >= 0.3 is 6.03 Å². The molecule has 9 heteroatoms. The number of nitrogens with two attached hydrogens (primary N) is 1. The summed E-state index contributed by atoms with van der Waals surface area (Å²) >= 11 is 0. The standard InChI is InChI=1S/C27H31N5O4/c1-16(2)29-26(34)31-9-7-17(8-10-31)14-32-21-6-4-3-5-18(21)27(25(32)33)13-24(28)30-20-12-23-22(11-19(20)27)35-15-36-23/h3-6,11-12,16-17H,7-10,13-15H2,1-2H3,(H2,28,30)(H,29,34). The van der Waals surface area contributed by atoms with Crippen LogP contribution in [-0.2, 0) is 10.2 Å². The van der Waals surface area contributed by atoms with Gasteiger partial charge in [-0.1, -0.05) is 18.2 Å². The van der Waals surface area contributed by atoms with Gasteiger partial charge in [0.1, 0.15) is 11.3 Å². The van der Waals surface area contributed by atoms with Crippen molar-refractivity contribution in [1.82, 2.24) is 10.2 Å². The fourth-order valence-corrected chi connectivity index (χ4v) is 5.98. The van der Waals surface area contributed by atoms with E-state index in [4.69, 9.17) is 15.2 Å². The summed E-state index contributed by atoms with van der Waals surface area (Å²) in [6.07, 6.45) is 2.02. The minimum Gasteiger partial charge on any atom is -0.454 e. The summed E-state index contributed by atoms with van der Waals surface area (Å²) in [7, 11) is 0. The number of urea groups is 1. The molecule has 0 aromatic heterocycles. The summed E-state index contributed by atoms with van der Waals surface area (Å²) in [5, 5.41) is 2.97. The molecule has 1 spiro atoms. The van der Waals surface area contributed by atoms with E-state index in [0.29, 0.717) is 55.0 Å². The number of hydrogen-bond donors (Lipinski definition) is 2. The number of fused-ring (bicyclic) bond motifs is 5. The lowest BCUT2D eigenvalue weighted by atomic mass is 9.70. The van der Waals surface area contributed by atoms with E-state index in [2.05, 4.69) is 10.3 Å². The maximum Gasteiger partial charge on any atom is 0.317 e. The van der Waals surface area contributed by atoms with Gasteiger partial charge in [0, 0.05) is 49.4 Å². The second-order valence-corrected chi connectivity index (χ2v) is 10.4. The van der Waals surface area contributed by atoms with Gasteiger partial charge in [-0.15, -0.1) is 0 Å². The largest absolute Gasteiger partial charge is 0.454 e. The number of carbonyl (C=O) groups is 2. The van der Waals surface area contributed by atoms with Gasteiger partial charge in [-0.05, 0) is 50.3 Å². The summed E-state index contributed by atoms with van der Waals surface area (Å²) in [6.45, 7) is 6.05. The van der Waals surface area contributed by atoms with Gasteiger partial charge in [0.05, 0.1) is 5.69 Å². The molecule has 1 saturated heterocycles. The van der Waals surface area contributed by atoms with E-state index in [1.807, 2.05) is 60.0 Å². The smallest absolute Gasteiger partial charge is 0.317 e. The van der Waals surface area contributed by atoms with Gasteiger partial charge in [-0.3, -0.25) is 4.79 Å². The van der Waals surface area contributed by atoms with Crippen LogP contribution in [0.1, 0.15) is 44.2 Å². The SMILES string of the molecule is CC(C)NC(=O)N1CCC(CN2C(=O)C3(CC(N)=Nc4cc5c(cc43)OCO5)c3ccccc32)CC1. The van der Waals surface area contributed by atoms with Crippen LogP contribution in [0.5, 0.6) is 11.5 Å². The molecule has 3 N–H and O–H groups in total. The topological polar surface area (TPSA) is 109 Å². The Bertz CT molecular complexity index is 1270. The maximum absolute atomic E-state index is 14.4. The number of amides is 3. The van der Waals surface area contributed by atoms with Crippen molar-refractivity contribution in [2.75, 3.05) is 31.3 Å². The van der Waals surface area contributed by atoms with Crippen LogP contribution in [0.3, 0.4) is 0 Å². The molecule has 1 unspecified atom stereocenters. The third-order valence-corrected chi connectivity index (χ3v) is 7.68. The fraction of sp³-hybridized carbons (Fsp3) is 0.444. The molecule has 4 aliphatic heterocycles. The zero-order valence-electron chi connectivity index (χ0n) is 20.6. The van der Waals surface area contributed by atoms with Crippen molar-refractivity contribution in [2.45, 2.75) is 44.6 Å². The lowest BCUT2D eigenvalue weighted by Crippen LogP contribution is -2.49. The number of carbonyl (C=O) groups excluding carboxylic acids is 2. The summed E-state index contributed by atoms with van der Waals surface area (Å²) < 4.78 is 11.2. The number of likely N-dealkylation sites (tertiary alicyclic amines) is 1. The van der Waals surface area contributed by atoms with Crippen LogP contribution in [0.2, 0.25) is 0 Å². The molecule has 3 amide bonds. The molecule has 0 aliphatic carbocycles. The molecule has 0 radical (unpaired) electrons. The number of benzene rings is 2. The van der Waals surface area contributed by atoms with Crippen molar-refractivity contribution in [1.29, 1.82) is 0 Å². The monoisotopic (exact) mass is 489 g/mol. The van der Waals surface area contributed by atoms with Crippen molar-refractivity contribution in [2.24, 2.45) is 16.6 Å². The molecule has 1 fully saturated rings. The third kappa shape index (κ3) is 3.48. The Balaban J connectivity index is 1.31. The highest BCUT2D eigenvalue weighted by Gasteiger charge is 2.55. The number of ether oxygens (including phenoxy) is 2. The van der Waals surface area contributed by atoms with Crippen LogP contribution < -0.4 is 25.4 Å². The molecule has 6 rings (SSSR count). The lowest BCUT2D eigenvalue weighted by molar-refractivity contribution is -0.121. The first-order valence-electron chi connectivity index (χ1n) is 12.6. The Hall–Kier alpha value is -3.75. The summed E-state index contributed by atoms with van der Waals surface area (Å²) in [6, 6.07) is 11.8. The molecule has 2 aromatic rings. The Morgan fingerprint density at radius 1 is 1.17 bits per heavy atom. The molecule has 1 atom stereocenters. The molecular weight excluding hydrogens is 458 g/mol. The van der Waals surface area contributed by atoms with Crippen LogP contribution >= 0.6 is 0 Å². The second kappa shape index (κ2) is 8.43. The van der Waals surface area contributed by atoms with Crippen LogP contribution in [0.25, 0.3) is 0 Å². The normalized spacial score (nSPS) is 22.6. The highest BCUT2D eigenvalue weighted by atomic mass is 16.7. The molecule has 2 aromatic carbocycles. The molecule has 188 valence electrons. The van der Waals surface area contributed by atoms with E-state index in [1.54, 1.807) is 0 Å². The van der Waals surface area contributed by atoms with E-state index in [9.17, 15) is 9.59 Å². The highest BCUT2D eigenvalue weighted by molar-refractivity contribution is 6.14. The highest BCUT2D eigenvalue weighted by Crippen LogP contribution is 2.55. The van der Waals surface area contributed by atoms with Crippen molar-refractivity contribution in [3.05, 3.63) is 47.5 Å². The average Bonchev–Trinajstić information content (AvgIpc) is 3.40. The van der Waals surface area contributed by atoms with E-state index < -0.39 is 5.41 Å². The van der Waals surface area contributed by atoms with E-state index in [-0.39, 0.29) is 24.8 Å². The first-order chi connectivity index (χ1) is 17.4.